The quantitative estimate of drug-likeness (QED) is 0.280. The van der Waals surface area contributed by atoms with E-state index in [-0.39, 0.29) is 0 Å². The Morgan fingerprint density at radius 2 is 0.765 bits per heavy atom. The Morgan fingerprint density at radius 1 is 0.441 bits per heavy atom. The lowest BCUT2D eigenvalue weighted by Gasteiger charge is -2.28. The zero-order valence-corrected chi connectivity index (χ0v) is 23.8. The Labute approximate surface area is 209 Å². The van der Waals surface area contributed by atoms with Crippen LogP contribution < -0.4 is 20.7 Å². The van der Waals surface area contributed by atoms with Gasteiger partial charge in [-0.15, -0.1) is 0 Å². The molecule has 0 N–H and O–H groups in total. The summed E-state index contributed by atoms with van der Waals surface area (Å²) in [4.78, 5) is 0. The molecule has 0 aliphatic heterocycles. The molecule has 4 aromatic carbocycles. The third kappa shape index (κ3) is 5.86. The summed E-state index contributed by atoms with van der Waals surface area (Å²) in [5, 5.41) is 6.17. The van der Waals surface area contributed by atoms with Crippen molar-refractivity contribution in [3.05, 3.63) is 120 Å². The smallest absolute Gasteiger partial charge is 0.0672 e. The summed E-state index contributed by atoms with van der Waals surface area (Å²) < 4.78 is 0. The van der Waals surface area contributed by atoms with E-state index in [9.17, 15) is 0 Å². The Bertz CT molecular complexity index is 1080. The van der Waals surface area contributed by atoms with E-state index in [4.69, 9.17) is 0 Å². The van der Waals surface area contributed by atoms with Crippen LogP contribution in [0.5, 0.6) is 0 Å². The predicted octanol–water partition coefficient (Wildman–Crippen LogP) is 6.42. The van der Waals surface area contributed by atoms with Crippen molar-refractivity contribution in [2.75, 3.05) is 0 Å². The maximum absolute atomic E-state index is 2.48. The number of hydrogen-bond donors (Lipinski definition) is 0. The maximum Gasteiger partial charge on any atom is 0.114 e. The van der Waals surface area contributed by atoms with Gasteiger partial charge < -0.3 is 0 Å². The van der Waals surface area contributed by atoms with Crippen molar-refractivity contribution in [3.8, 4) is 0 Å². The van der Waals surface area contributed by atoms with Crippen molar-refractivity contribution in [2.45, 2.75) is 52.9 Å². The topological polar surface area (TPSA) is 0 Å². The molecule has 0 aliphatic carbocycles. The van der Waals surface area contributed by atoms with Gasteiger partial charge in [0, 0.05) is 0 Å². The third-order valence-corrected chi connectivity index (χ3v) is 16.8. The minimum absolute atomic E-state index is 1.25. The second-order valence-corrected chi connectivity index (χ2v) is 18.9. The minimum atomic E-state index is -1.54. The fourth-order valence-corrected chi connectivity index (χ4v) is 10.9. The van der Waals surface area contributed by atoms with Crippen molar-refractivity contribution in [1.29, 1.82) is 0 Å². The summed E-state index contributed by atoms with van der Waals surface area (Å²) in [7, 11) is -3.01. The monoisotopic (exact) mass is 480 g/mol. The van der Waals surface area contributed by atoms with Gasteiger partial charge >= 0.3 is 0 Å². The van der Waals surface area contributed by atoms with Crippen molar-refractivity contribution in [3.63, 3.8) is 0 Å². The van der Waals surface area contributed by atoms with Crippen LogP contribution in [0.1, 0.15) is 25.0 Å². The van der Waals surface area contributed by atoms with Crippen LogP contribution in [0.25, 0.3) is 0 Å². The maximum atomic E-state index is 2.48. The first-order chi connectivity index (χ1) is 16.3. The van der Waals surface area contributed by atoms with Crippen molar-refractivity contribution >= 4 is 36.9 Å². The van der Waals surface area contributed by atoms with E-state index >= 15 is 0 Å². The van der Waals surface area contributed by atoms with Crippen LogP contribution in [-0.2, 0) is 0 Å². The van der Waals surface area contributed by atoms with Crippen LogP contribution in [0.15, 0.2) is 109 Å². The molecule has 0 heterocycles. The molecule has 0 aliphatic rings. The SMILES string of the molecule is CC[Si](C)(c1cccc(C)c1)c1cccc(C)c1.CC[Si](C)(c1ccccc1)c1ccccc1. The van der Waals surface area contributed by atoms with Crippen LogP contribution in [0.2, 0.25) is 25.2 Å². The van der Waals surface area contributed by atoms with Crippen LogP contribution in [0.4, 0.5) is 0 Å². The zero-order chi connectivity index (χ0) is 24.6. The largest absolute Gasteiger partial charge is 0.114 e. The summed E-state index contributed by atoms with van der Waals surface area (Å²) >= 11 is 0. The summed E-state index contributed by atoms with van der Waals surface area (Å²) in [6.45, 7) is 14.0. The fraction of sp³-hybridized carbons (Fsp3) is 0.250. The van der Waals surface area contributed by atoms with Crippen LogP contribution in [0.3, 0.4) is 0 Å². The Balaban J connectivity index is 0.000000192. The highest BCUT2D eigenvalue weighted by atomic mass is 28.3. The number of rotatable bonds is 6. The molecular formula is C32H40Si2. The van der Waals surface area contributed by atoms with E-state index in [1.807, 2.05) is 0 Å². The highest BCUT2D eigenvalue weighted by Gasteiger charge is 2.30. The predicted molar refractivity (Wildman–Crippen MR) is 158 cm³/mol. The molecule has 2 heteroatoms. The van der Waals surface area contributed by atoms with Gasteiger partial charge in [0.15, 0.2) is 0 Å². The van der Waals surface area contributed by atoms with Gasteiger partial charge in [-0.1, -0.05) is 180 Å². The van der Waals surface area contributed by atoms with Gasteiger partial charge in [-0.25, -0.2) is 0 Å². The van der Waals surface area contributed by atoms with E-state index in [1.54, 1.807) is 10.4 Å². The summed E-state index contributed by atoms with van der Waals surface area (Å²) in [5.74, 6) is 0. The van der Waals surface area contributed by atoms with Crippen molar-refractivity contribution in [1.82, 2.24) is 0 Å². The van der Waals surface area contributed by atoms with E-state index in [0.717, 1.165) is 0 Å². The lowest BCUT2D eigenvalue weighted by Crippen LogP contribution is -2.55. The molecule has 0 amide bonds. The standard InChI is InChI=1S/C17H22Si.C15H18Si/c1-5-18(4,16-10-6-8-14(2)12-16)17-11-7-9-15(3)13-17;1-3-16(2,14-10-6-4-7-11-14)15-12-8-5-9-13-15/h6-13H,5H2,1-4H3;4-13H,3H2,1-2H3. The average Bonchev–Trinajstić information content (AvgIpc) is 2.89. The second-order valence-electron chi connectivity index (χ2n) is 9.84. The van der Waals surface area contributed by atoms with Gasteiger partial charge in [0.05, 0.1) is 0 Å². The third-order valence-electron chi connectivity index (χ3n) is 7.55. The molecule has 0 unspecified atom stereocenters. The number of aryl methyl sites for hydroxylation is 2. The van der Waals surface area contributed by atoms with E-state index < -0.39 is 16.1 Å². The molecule has 0 nitrogen and oxygen atoms in total. The molecule has 34 heavy (non-hydrogen) atoms. The molecule has 0 saturated heterocycles. The van der Waals surface area contributed by atoms with Crippen LogP contribution >= 0.6 is 0 Å². The first-order valence-corrected chi connectivity index (χ1v) is 18.0. The highest BCUT2D eigenvalue weighted by molar-refractivity contribution is 7.01. The highest BCUT2D eigenvalue weighted by Crippen LogP contribution is 2.13. The normalized spacial score (nSPS) is 11.5. The summed E-state index contributed by atoms with van der Waals surface area (Å²) in [6, 6.07) is 42.6. The molecule has 0 radical (unpaired) electrons. The molecule has 4 aromatic rings. The zero-order valence-electron chi connectivity index (χ0n) is 21.8. The van der Waals surface area contributed by atoms with E-state index in [0.29, 0.717) is 0 Å². The van der Waals surface area contributed by atoms with Gasteiger partial charge in [-0.3, -0.25) is 0 Å². The van der Waals surface area contributed by atoms with Gasteiger partial charge in [-0.05, 0) is 13.8 Å². The van der Waals surface area contributed by atoms with Gasteiger partial charge in [0.2, 0.25) is 0 Å². The summed E-state index contributed by atoms with van der Waals surface area (Å²) in [6.07, 6.45) is 0. The van der Waals surface area contributed by atoms with Crippen LogP contribution in [0, 0.1) is 13.8 Å². The van der Waals surface area contributed by atoms with Gasteiger partial charge in [-0.2, -0.15) is 0 Å². The molecule has 0 aromatic heterocycles. The number of hydrogen-bond acceptors (Lipinski definition) is 0. The lowest BCUT2D eigenvalue weighted by molar-refractivity contribution is 1.37. The first-order valence-electron chi connectivity index (χ1n) is 12.6. The van der Waals surface area contributed by atoms with Gasteiger partial charge in [0.25, 0.3) is 0 Å². The number of benzene rings is 4. The molecule has 0 bridgehead atoms. The van der Waals surface area contributed by atoms with E-state index in [2.05, 4.69) is 150 Å². The fourth-order valence-electron chi connectivity index (χ4n) is 4.74. The Kier molecular flexibility index (Phi) is 8.87. The van der Waals surface area contributed by atoms with Crippen molar-refractivity contribution in [2.24, 2.45) is 0 Å². The van der Waals surface area contributed by atoms with E-state index in [1.165, 1.54) is 33.6 Å². The Hall–Kier alpha value is -2.69. The second kappa shape index (κ2) is 11.6. The first kappa shape index (κ1) is 25.9. The Morgan fingerprint density at radius 3 is 1.09 bits per heavy atom. The lowest BCUT2D eigenvalue weighted by atomic mass is 10.2. The molecule has 0 saturated carbocycles. The molecule has 4 rings (SSSR count). The summed E-state index contributed by atoms with van der Waals surface area (Å²) in [5.41, 5.74) is 2.74. The minimum Gasteiger partial charge on any atom is -0.0672 e. The molecule has 0 atom stereocenters. The average molecular weight is 481 g/mol. The molecule has 176 valence electrons. The van der Waals surface area contributed by atoms with Crippen LogP contribution in [-0.4, -0.2) is 16.1 Å². The molecular weight excluding hydrogens is 441 g/mol. The molecule has 0 fully saturated rings. The van der Waals surface area contributed by atoms with Gasteiger partial charge in [0.1, 0.15) is 16.1 Å². The molecule has 0 spiro atoms. The van der Waals surface area contributed by atoms with Crippen molar-refractivity contribution < 1.29 is 0 Å².